The molecule has 0 aromatic heterocycles. The summed E-state index contributed by atoms with van der Waals surface area (Å²) in [5, 5.41) is 31.9. The minimum absolute atomic E-state index is 0.125. The van der Waals surface area contributed by atoms with Crippen LogP contribution in [0.25, 0.3) is 0 Å². The molecule has 4 N–H and O–H groups in total. The Hall–Kier alpha value is -1.14. The highest BCUT2D eigenvalue weighted by atomic mass is 16.4. The number of hydrogen-bond donors (Lipinski definition) is 4. The molecule has 0 aliphatic heterocycles. The van der Waals surface area contributed by atoms with E-state index in [1.54, 1.807) is 0 Å². The summed E-state index contributed by atoms with van der Waals surface area (Å²) in [6.07, 6.45) is 4.53. The molecule has 0 aromatic rings. The van der Waals surface area contributed by atoms with Gasteiger partial charge in [0.2, 0.25) is 0 Å². The third kappa shape index (κ3) is 25.3. The molecule has 0 aromatic carbocycles. The van der Waals surface area contributed by atoms with Gasteiger partial charge in [0.15, 0.2) is 0 Å². The van der Waals surface area contributed by atoms with E-state index in [9.17, 15) is 9.59 Å². The maximum absolute atomic E-state index is 10.1. The van der Waals surface area contributed by atoms with Gasteiger partial charge in [0.25, 0.3) is 0 Å². The second-order valence-corrected chi connectivity index (χ2v) is 3.50. The van der Waals surface area contributed by atoms with E-state index in [0.717, 1.165) is 19.3 Å². The first-order chi connectivity index (χ1) is 8.04. The Morgan fingerprint density at radius 2 is 0.941 bits per heavy atom. The molecule has 102 valence electrons. The van der Waals surface area contributed by atoms with Gasteiger partial charge in [0, 0.05) is 12.8 Å². The van der Waals surface area contributed by atoms with Crippen LogP contribution in [0.15, 0.2) is 0 Å². The number of aliphatic hydroxyl groups excluding tert-OH is 2. The number of carboxylic acid groups (broad SMARTS) is 2. The molecule has 6 nitrogen and oxygen atoms in total. The molecule has 0 saturated heterocycles. The quantitative estimate of drug-likeness (QED) is 0.451. The summed E-state index contributed by atoms with van der Waals surface area (Å²) in [6, 6.07) is 0. The third-order valence-corrected chi connectivity index (χ3v) is 1.88. The smallest absolute Gasteiger partial charge is 0.303 e. The Bertz CT molecular complexity index is 172. The summed E-state index contributed by atoms with van der Waals surface area (Å²) >= 11 is 0. The molecular weight excluding hydrogens is 228 g/mol. The molecule has 0 fully saturated rings. The van der Waals surface area contributed by atoms with E-state index in [-0.39, 0.29) is 26.1 Å². The van der Waals surface area contributed by atoms with E-state index >= 15 is 0 Å². The molecule has 0 unspecified atom stereocenters. The highest BCUT2D eigenvalue weighted by Crippen LogP contribution is 2.06. The van der Waals surface area contributed by atoms with Crippen molar-refractivity contribution in [1.82, 2.24) is 0 Å². The van der Waals surface area contributed by atoms with Crippen molar-refractivity contribution in [2.45, 2.75) is 44.9 Å². The van der Waals surface area contributed by atoms with Crippen molar-refractivity contribution in [3.05, 3.63) is 0 Å². The van der Waals surface area contributed by atoms with Gasteiger partial charge < -0.3 is 20.4 Å². The van der Waals surface area contributed by atoms with E-state index in [1.165, 1.54) is 0 Å². The number of unbranched alkanes of at least 4 members (excludes halogenated alkanes) is 4. The van der Waals surface area contributed by atoms with Crippen LogP contribution in [-0.4, -0.2) is 45.6 Å². The number of aliphatic hydroxyl groups is 2. The molecule has 0 saturated carbocycles. The summed E-state index contributed by atoms with van der Waals surface area (Å²) < 4.78 is 0. The van der Waals surface area contributed by atoms with Gasteiger partial charge in [0.05, 0.1) is 13.2 Å². The van der Waals surface area contributed by atoms with E-state index in [4.69, 9.17) is 20.4 Å². The lowest BCUT2D eigenvalue weighted by molar-refractivity contribution is -0.138. The number of carbonyl (C=O) groups is 2. The second-order valence-electron chi connectivity index (χ2n) is 3.50. The van der Waals surface area contributed by atoms with Crippen LogP contribution in [0.5, 0.6) is 0 Å². The van der Waals surface area contributed by atoms with Crippen LogP contribution in [0.2, 0.25) is 0 Å². The topological polar surface area (TPSA) is 115 Å². The predicted octanol–water partition coefficient (Wildman–Crippen LogP) is 0.857. The molecule has 0 aliphatic rings. The maximum Gasteiger partial charge on any atom is 0.303 e. The number of aliphatic carboxylic acids is 2. The highest BCUT2D eigenvalue weighted by molar-refractivity contribution is 5.66. The summed E-state index contributed by atoms with van der Waals surface area (Å²) in [6.45, 7) is -0.250. The van der Waals surface area contributed by atoms with Crippen molar-refractivity contribution in [1.29, 1.82) is 0 Å². The van der Waals surface area contributed by atoms with Gasteiger partial charge in [-0.1, -0.05) is 19.3 Å². The lowest BCUT2D eigenvalue weighted by atomic mass is 10.1. The molecule has 0 amide bonds. The molecule has 0 bridgehead atoms. The lowest BCUT2D eigenvalue weighted by Crippen LogP contribution is -1.95. The minimum Gasteiger partial charge on any atom is -0.481 e. The van der Waals surface area contributed by atoms with Crippen LogP contribution < -0.4 is 0 Å². The summed E-state index contributed by atoms with van der Waals surface area (Å²) in [5.74, 6) is -1.52. The first-order valence-electron chi connectivity index (χ1n) is 5.70. The Kier molecular flexibility index (Phi) is 15.9. The molecule has 0 radical (unpaired) electrons. The molecular formula is C11H22O6. The summed E-state index contributed by atoms with van der Waals surface area (Å²) in [4.78, 5) is 20.2. The number of rotatable bonds is 9. The standard InChI is InChI=1S/C9H16O4.C2H6O2/c10-8(11)6-4-2-1-3-5-7-9(12)13;3-1-2-4/h1-7H2,(H,10,11)(H,12,13);3-4H,1-2H2. The van der Waals surface area contributed by atoms with Crippen LogP contribution in [0.3, 0.4) is 0 Å². The van der Waals surface area contributed by atoms with Crippen LogP contribution in [0, 0.1) is 0 Å². The third-order valence-electron chi connectivity index (χ3n) is 1.88. The number of hydrogen-bond acceptors (Lipinski definition) is 4. The van der Waals surface area contributed by atoms with Gasteiger partial charge >= 0.3 is 11.9 Å². The highest BCUT2D eigenvalue weighted by Gasteiger charge is 1.98. The van der Waals surface area contributed by atoms with Crippen molar-refractivity contribution in [2.24, 2.45) is 0 Å². The van der Waals surface area contributed by atoms with Crippen molar-refractivity contribution < 1.29 is 30.0 Å². The maximum atomic E-state index is 10.1. The van der Waals surface area contributed by atoms with Crippen LogP contribution in [0.4, 0.5) is 0 Å². The summed E-state index contributed by atoms with van der Waals surface area (Å²) in [7, 11) is 0. The van der Waals surface area contributed by atoms with Crippen molar-refractivity contribution in [2.75, 3.05) is 13.2 Å². The average molecular weight is 250 g/mol. The summed E-state index contributed by atoms with van der Waals surface area (Å²) in [5.41, 5.74) is 0. The zero-order chi connectivity index (χ0) is 13.5. The fourth-order valence-corrected chi connectivity index (χ4v) is 1.08. The zero-order valence-corrected chi connectivity index (χ0v) is 9.97. The largest absolute Gasteiger partial charge is 0.481 e. The fourth-order valence-electron chi connectivity index (χ4n) is 1.08. The van der Waals surface area contributed by atoms with Crippen molar-refractivity contribution >= 4 is 11.9 Å². The molecule has 0 heterocycles. The molecule has 17 heavy (non-hydrogen) atoms. The Morgan fingerprint density at radius 1 is 0.647 bits per heavy atom. The first kappa shape index (κ1) is 18.2. The van der Waals surface area contributed by atoms with Crippen LogP contribution in [-0.2, 0) is 9.59 Å². The normalized spacial score (nSPS) is 9.29. The Labute approximate surface area is 101 Å². The van der Waals surface area contributed by atoms with Gasteiger partial charge in [-0.2, -0.15) is 0 Å². The Morgan fingerprint density at radius 3 is 1.18 bits per heavy atom. The van der Waals surface area contributed by atoms with Crippen LogP contribution in [0.1, 0.15) is 44.9 Å². The van der Waals surface area contributed by atoms with E-state index in [1.807, 2.05) is 0 Å². The SMILES string of the molecule is O=C(O)CCCCCCCC(=O)O.OCCO. The lowest BCUT2D eigenvalue weighted by Gasteiger charge is -1.97. The van der Waals surface area contributed by atoms with Gasteiger partial charge in [-0.25, -0.2) is 0 Å². The van der Waals surface area contributed by atoms with Crippen molar-refractivity contribution in [3.8, 4) is 0 Å². The first-order valence-corrected chi connectivity index (χ1v) is 5.70. The van der Waals surface area contributed by atoms with Gasteiger partial charge in [-0.3, -0.25) is 9.59 Å². The minimum atomic E-state index is -0.759. The fraction of sp³-hybridized carbons (Fsp3) is 0.818. The molecule has 0 aliphatic carbocycles. The molecule has 0 rings (SSSR count). The number of carboxylic acids is 2. The molecule has 0 atom stereocenters. The van der Waals surface area contributed by atoms with E-state index < -0.39 is 11.9 Å². The monoisotopic (exact) mass is 250 g/mol. The van der Waals surface area contributed by atoms with Gasteiger partial charge in [-0.15, -0.1) is 0 Å². The zero-order valence-electron chi connectivity index (χ0n) is 9.97. The predicted molar refractivity (Wildman–Crippen MR) is 61.8 cm³/mol. The van der Waals surface area contributed by atoms with Crippen LogP contribution >= 0.6 is 0 Å². The van der Waals surface area contributed by atoms with Crippen molar-refractivity contribution in [3.63, 3.8) is 0 Å². The van der Waals surface area contributed by atoms with Gasteiger partial charge in [-0.05, 0) is 12.8 Å². The molecule has 6 heteroatoms. The molecule has 0 spiro atoms. The average Bonchev–Trinajstić information content (AvgIpc) is 2.27. The van der Waals surface area contributed by atoms with E-state index in [2.05, 4.69) is 0 Å². The van der Waals surface area contributed by atoms with E-state index in [0.29, 0.717) is 12.8 Å². The second kappa shape index (κ2) is 14.9. The van der Waals surface area contributed by atoms with Gasteiger partial charge in [0.1, 0.15) is 0 Å². The Balaban J connectivity index is 0.